The fourth-order valence-electron chi connectivity index (χ4n) is 1.70. The van der Waals surface area contributed by atoms with Crippen LogP contribution in [0.3, 0.4) is 0 Å². The zero-order valence-corrected chi connectivity index (χ0v) is 13.9. The van der Waals surface area contributed by atoms with E-state index in [1.165, 1.54) is 0 Å². The average Bonchev–Trinajstić information content (AvgIpc) is 1.95. The molecule has 0 aliphatic carbocycles. The molecule has 0 aliphatic heterocycles. The van der Waals surface area contributed by atoms with Gasteiger partial charge in [0, 0.05) is 5.57 Å². The van der Waals surface area contributed by atoms with Gasteiger partial charge in [0.1, 0.15) is 8.07 Å². The van der Waals surface area contributed by atoms with Crippen molar-refractivity contribution in [3.05, 3.63) is 10.8 Å². The highest BCUT2D eigenvalue weighted by Gasteiger charge is 2.25. The first-order valence-corrected chi connectivity index (χ1v) is 12.7. The van der Waals surface area contributed by atoms with Crippen molar-refractivity contribution in [3.63, 3.8) is 0 Å². The molecule has 0 radical (unpaired) electrons. The molecule has 0 N–H and O–H groups in total. The molecule has 1 nitrogen and oxygen atoms in total. The third-order valence-corrected chi connectivity index (χ3v) is 5.20. The molecule has 0 heterocycles. The van der Waals surface area contributed by atoms with Crippen molar-refractivity contribution < 1.29 is 4.79 Å². The van der Waals surface area contributed by atoms with Crippen LogP contribution in [0.25, 0.3) is 0 Å². The Morgan fingerprint density at radius 2 is 1.38 bits per heavy atom. The Morgan fingerprint density at radius 3 is 1.62 bits per heavy atom. The van der Waals surface area contributed by atoms with Crippen molar-refractivity contribution in [1.82, 2.24) is 0 Å². The van der Waals surface area contributed by atoms with E-state index in [-0.39, 0.29) is 5.78 Å². The van der Waals surface area contributed by atoms with Crippen LogP contribution in [0.1, 0.15) is 13.8 Å². The zero-order chi connectivity index (χ0) is 13.1. The molecule has 3 heteroatoms. The molecule has 0 saturated heterocycles. The van der Waals surface area contributed by atoms with E-state index in [0.717, 1.165) is 10.8 Å². The lowest BCUT2D eigenvalue weighted by molar-refractivity contribution is -0.113. The molecule has 0 aromatic carbocycles. The number of rotatable bonds is 2. The summed E-state index contributed by atoms with van der Waals surface area (Å²) in [6.07, 6.45) is 0. The van der Waals surface area contributed by atoms with Crippen molar-refractivity contribution in [1.29, 1.82) is 0 Å². The summed E-state index contributed by atoms with van der Waals surface area (Å²) in [5.74, 6) is 3.41. The number of allylic oxidation sites excluding steroid dienone is 2. The van der Waals surface area contributed by atoms with E-state index in [1.54, 1.807) is 6.92 Å². The van der Waals surface area contributed by atoms with Crippen LogP contribution in [-0.4, -0.2) is 21.9 Å². The maximum absolute atomic E-state index is 11.7. The lowest BCUT2D eigenvalue weighted by atomic mass is 10.2. The number of hydrogen-bond donors (Lipinski definition) is 0. The van der Waals surface area contributed by atoms with Crippen molar-refractivity contribution in [2.24, 2.45) is 0 Å². The van der Waals surface area contributed by atoms with Gasteiger partial charge < -0.3 is 0 Å². The van der Waals surface area contributed by atoms with E-state index in [4.69, 9.17) is 0 Å². The fraction of sp³-hybridized carbons (Fsp3) is 0.615. The van der Waals surface area contributed by atoms with Gasteiger partial charge in [-0.3, -0.25) is 4.79 Å². The monoisotopic (exact) mass is 252 g/mol. The van der Waals surface area contributed by atoms with Crippen LogP contribution >= 0.6 is 0 Å². The molecule has 0 saturated carbocycles. The van der Waals surface area contributed by atoms with Crippen LogP contribution in [0, 0.1) is 11.5 Å². The summed E-state index contributed by atoms with van der Waals surface area (Å²) in [6, 6.07) is 0. The molecule has 16 heavy (non-hydrogen) atoms. The standard InChI is InChI=1S/C13H24OSi2/c1-11(9-10-15(3,4)5)13(12(2)14)16(6,7)8/h1-8H3/b13-11-. The normalized spacial score (nSPS) is 13.8. The Bertz CT molecular complexity index is 367. The Kier molecular flexibility index (Phi) is 4.96. The summed E-state index contributed by atoms with van der Waals surface area (Å²) in [7, 11) is -2.92. The molecule has 0 unspecified atom stereocenters. The van der Waals surface area contributed by atoms with Crippen molar-refractivity contribution in [2.75, 3.05) is 0 Å². The Hall–Kier alpha value is -0.596. The summed E-state index contributed by atoms with van der Waals surface area (Å²) in [6.45, 7) is 16.9. The molecule has 0 spiro atoms. The molecule has 0 bridgehead atoms. The van der Waals surface area contributed by atoms with E-state index >= 15 is 0 Å². The van der Waals surface area contributed by atoms with Crippen LogP contribution in [0.15, 0.2) is 10.8 Å². The van der Waals surface area contributed by atoms with Gasteiger partial charge >= 0.3 is 0 Å². The van der Waals surface area contributed by atoms with Gasteiger partial charge in [-0.05, 0) is 19.0 Å². The van der Waals surface area contributed by atoms with Crippen LogP contribution in [0.5, 0.6) is 0 Å². The zero-order valence-electron chi connectivity index (χ0n) is 11.9. The lowest BCUT2D eigenvalue weighted by Crippen LogP contribution is -2.29. The largest absolute Gasteiger partial charge is 0.295 e. The van der Waals surface area contributed by atoms with E-state index < -0.39 is 16.1 Å². The van der Waals surface area contributed by atoms with Crippen LogP contribution in [-0.2, 0) is 4.79 Å². The smallest absolute Gasteiger partial charge is 0.152 e. The third-order valence-electron chi connectivity index (χ3n) is 2.10. The van der Waals surface area contributed by atoms with Gasteiger partial charge in [-0.1, -0.05) is 45.2 Å². The quantitative estimate of drug-likeness (QED) is 0.416. The second kappa shape index (κ2) is 5.16. The first-order chi connectivity index (χ1) is 6.95. The van der Waals surface area contributed by atoms with Gasteiger partial charge in [0.2, 0.25) is 0 Å². The highest BCUT2D eigenvalue weighted by atomic mass is 28.3. The van der Waals surface area contributed by atoms with Crippen LogP contribution < -0.4 is 0 Å². The van der Waals surface area contributed by atoms with Gasteiger partial charge in [-0.2, -0.15) is 0 Å². The molecular formula is C13H24OSi2. The molecule has 0 aromatic rings. The Morgan fingerprint density at radius 1 is 0.938 bits per heavy atom. The van der Waals surface area contributed by atoms with E-state index in [9.17, 15) is 4.79 Å². The first-order valence-electron chi connectivity index (χ1n) is 5.70. The van der Waals surface area contributed by atoms with Crippen LogP contribution in [0.4, 0.5) is 0 Å². The molecule has 0 aromatic heterocycles. The number of carbonyl (C=O) groups is 1. The molecule has 0 amide bonds. The van der Waals surface area contributed by atoms with Crippen molar-refractivity contribution in [2.45, 2.75) is 53.1 Å². The minimum atomic E-state index is -1.57. The predicted molar refractivity (Wildman–Crippen MR) is 77.8 cm³/mol. The highest BCUT2D eigenvalue weighted by molar-refractivity contribution is 6.87. The number of carbonyl (C=O) groups excluding carboxylic acids is 1. The van der Waals surface area contributed by atoms with Crippen LogP contribution in [0.2, 0.25) is 39.3 Å². The molecule has 0 rings (SSSR count). The predicted octanol–water partition coefficient (Wildman–Crippen LogP) is 3.65. The lowest BCUT2D eigenvalue weighted by Gasteiger charge is -2.19. The third kappa shape index (κ3) is 5.48. The number of ketones is 1. The first kappa shape index (κ1) is 15.4. The van der Waals surface area contributed by atoms with E-state index in [1.807, 2.05) is 6.92 Å². The van der Waals surface area contributed by atoms with Gasteiger partial charge in [-0.15, -0.1) is 5.54 Å². The maximum atomic E-state index is 11.7. The number of hydrogen-bond acceptors (Lipinski definition) is 1. The second-order valence-corrected chi connectivity index (χ2v) is 16.1. The molecule has 90 valence electrons. The molecular weight excluding hydrogens is 228 g/mol. The summed E-state index contributed by atoms with van der Waals surface area (Å²) in [5, 5.41) is 0.998. The SMILES string of the molecule is CC(=O)/C(=C(\C)C#C[Si](C)(C)C)[Si](C)(C)C. The second-order valence-electron chi connectivity index (χ2n) is 6.31. The minimum Gasteiger partial charge on any atom is -0.295 e. The van der Waals surface area contributed by atoms with Crippen molar-refractivity contribution in [3.8, 4) is 11.5 Å². The number of Topliss-reactive ketones (excluding diaryl/α,β-unsaturated/α-hetero) is 1. The summed E-state index contributed by atoms with van der Waals surface area (Å²) < 4.78 is 0. The molecule has 0 aliphatic rings. The summed E-state index contributed by atoms with van der Waals surface area (Å²) in [4.78, 5) is 11.7. The summed E-state index contributed by atoms with van der Waals surface area (Å²) in [5.41, 5.74) is 4.32. The molecule has 0 atom stereocenters. The minimum absolute atomic E-state index is 0.196. The Balaban J connectivity index is 5.47. The van der Waals surface area contributed by atoms with Gasteiger partial charge in [-0.25, -0.2) is 0 Å². The molecule has 0 fully saturated rings. The Labute approximate surface area is 102 Å². The van der Waals surface area contributed by atoms with Gasteiger partial charge in [0.25, 0.3) is 0 Å². The topological polar surface area (TPSA) is 17.1 Å². The fourth-order valence-corrected chi connectivity index (χ4v) is 4.50. The van der Waals surface area contributed by atoms with E-state index in [2.05, 4.69) is 50.7 Å². The maximum Gasteiger partial charge on any atom is 0.152 e. The van der Waals surface area contributed by atoms with Gasteiger partial charge in [0.05, 0.1) is 8.07 Å². The van der Waals surface area contributed by atoms with E-state index in [0.29, 0.717) is 0 Å². The average molecular weight is 253 g/mol. The summed E-state index contributed by atoms with van der Waals surface area (Å²) >= 11 is 0. The highest BCUT2D eigenvalue weighted by Crippen LogP contribution is 2.19. The van der Waals surface area contributed by atoms with Crippen molar-refractivity contribution >= 4 is 21.9 Å². The van der Waals surface area contributed by atoms with Gasteiger partial charge in [0.15, 0.2) is 5.78 Å².